The lowest BCUT2D eigenvalue weighted by Gasteiger charge is -2.32. The fourth-order valence-corrected chi connectivity index (χ4v) is 5.17. The highest BCUT2D eigenvalue weighted by Crippen LogP contribution is 2.29. The first-order valence-electron chi connectivity index (χ1n) is 7.32. The number of benzene rings is 1. The Balaban J connectivity index is 2.19. The molecular formula is C15H21Cl2NO3S. The Morgan fingerprint density at radius 1 is 1.36 bits per heavy atom. The van der Waals surface area contributed by atoms with Gasteiger partial charge in [0.2, 0.25) is 10.0 Å². The molecule has 2 atom stereocenters. The molecule has 0 unspecified atom stereocenters. The van der Waals surface area contributed by atoms with Crippen LogP contribution < -0.4 is 4.72 Å². The molecule has 4 nitrogen and oxygen atoms in total. The van der Waals surface area contributed by atoms with Crippen LogP contribution in [0.4, 0.5) is 0 Å². The van der Waals surface area contributed by atoms with E-state index in [4.69, 9.17) is 27.9 Å². The molecule has 0 aromatic heterocycles. The van der Waals surface area contributed by atoms with Gasteiger partial charge < -0.3 is 4.74 Å². The van der Waals surface area contributed by atoms with E-state index in [-0.39, 0.29) is 12.0 Å². The number of sulfonamides is 1. The molecule has 1 aliphatic heterocycles. The first-order chi connectivity index (χ1) is 10.3. The normalized spacial score (nSPS) is 23.0. The summed E-state index contributed by atoms with van der Waals surface area (Å²) in [5, 5.41) is 0.667. The van der Waals surface area contributed by atoms with Gasteiger partial charge in [0.25, 0.3) is 0 Å². The van der Waals surface area contributed by atoms with Crippen molar-refractivity contribution in [2.24, 2.45) is 5.92 Å². The maximum Gasteiger partial charge on any atom is 0.215 e. The number of halogens is 2. The van der Waals surface area contributed by atoms with E-state index in [1.165, 1.54) is 0 Å². The number of hydrogen-bond donors (Lipinski definition) is 1. The van der Waals surface area contributed by atoms with Gasteiger partial charge in [-0.25, -0.2) is 13.1 Å². The summed E-state index contributed by atoms with van der Waals surface area (Å²) < 4.78 is 33.2. The van der Waals surface area contributed by atoms with Gasteiger partial charge in [-0.1, -0.05) is 29.3 Å². The Kier molecular flexibility index (Phi) is 6.14. The second-order valence-electron chi connectivity index (χ2n) is 5.92. The molecule has 1 aliphatic rings. The van der Waals surface area contributed by atoms with E-state index < -0.39 is 15.3 Å². The third kappa shape index (κ3) is 4.59. The quantitative estimate of drug-likeness (QED) is 0.870. The second-order valence-corrected chi connectivity index (χ2v) is 8.69. The van der Waals surface area contributed by atoms with Gasteiger partial charge in [0.1, 0.15) is 0 Å². The number of ether oxygens (including phenoxy) is 1. The Morgan fingerprint density at radius 3 is 2.73 bits per heavy atom. The van der Waals surface area contributed by atoms with Crippen molar-refractivity contribution >= 4 is 33.2 Å². The molecule has 0 aliphatic carbocycles. The lowest BCUT2D eigenvalue weighted by molar-refractivity contribution is 0.0569. The Hall–Kier alpha value is -0.330. The van der Waals surface area contributed by atoms with Crippen LogP contribution in [0.1, 0.15) is 25.8 Å². The Morgan fingerprint density at radius 2 is 2.09 bits per heavy atom. The SMILES string of the molecule is CC(C)NS(=O)(=O)[C@H]1CCOC[C@@H]1Cc1ccc(Cl)cc1Cl. The van der Waals surface area contributed by atoms with Gasteiger partial charge in [-0.05, 0) is 44.4 Å². The molecule has 0 spiro atoms. The maximum atomic E-state index is 12.5. The lowest BCUT2D eigenvalue weighted by Crippen LogP contribution is -2.46. The third-order valence-corrected chi connectivity index (χ3v) is 6.50. The van der Waals surface area contributed by atoms with Gasteiger partial charge in [-0.3, -0.25) is 0 Å². The fraction of sp³-hybridized carbons (Fsp3) is 0.600. The highest BCUT2D eigenvalue weighted by atomic mass is 35.5. The topological polar surface area (TPSA) is 55.4 Å². The van der Waals surface area contributed by atoms with E-state index >= 15 is 0 Å². The van der Waals surface area contributed by atoms with Crippen LogP contribution in [0.3, 0.4) is 0 Å². The Labute approximate surface area is 142 Å². The van der Waals surface area contributed by atoms with E-state index in [0.29, 0.717) is 36.1 Å². The zero-order chi connectivity index (χ0) is 16.3. The minimum absolute atomic E-state index is 0.118. The van der Waals surface area contributed by atoms with Crippen LogP contribution in [-0.4, -0.2) is 32.9 Å². The predicted octanol–water partition coefficient (Wildman–Crippen LogP) is 3.27. The molecule has 0 radical (unpaired) electrons. The van der Waals surface area contributed by atoms with Crippen LogP contribution in [-0.2, 0) is 21.2 Å². The van der Waals surface area contributed by atoms with Gasteiger partial charge in [0, 0.05) is 28.6 Å². The molecule has 2 rings (SSSR count). The molecule has 1 aromatic rings. The van der Waals surface area contributed by atoms with Crippen LogP contribution in [0.2, 0.25) is 10.0 Å². The van der Waals surface area contributed by atoms with Crippen molar-refractivity contribution in [1.29, 1.82) is 0 Å². The van der Waals surface area contributed by atoms with E-state index in [1.54, 1.807) is 12.1 Å². The summed E-state index contributed by atoms with van der Waals surface area (Å²) in [6.45, 7) is 4.53. The van der Waals surface area contributed by atoms with Gasteiger partial charge in [0.05, 0.1) is 11.9 Å². The molecule has 0 saturated carbocycles. The summed E-state index contributed by atoms with van der Waals surface area (Å²) >= 11 is 12.1. The van der Waals surface area contributed by atoms with Gasteiger partial charge in [-0.2, -0.15) is 0 Å². The van der Waals surface area contributed by atoms with Crippen molar-refractivity contribution in [2.75, 3.05) is 13.2 Å². The largest absolute Gasteiger partial charge is 0.381 e. The minimum Gasteiger partial charge on any atom is -0.381 e. The van der Waals surface area contributed by atoms with Crippen molar-refractivity contribution in [1.82, 2.24) is 4.72 Å². The number of nitrogens with one attached hydrogen (secondary N) is 1. The molecule has 124 valence electrons. The van der Waals surface area contributed by atoms with Crippen LogP contribution in [0.15, 0.2) is 18.2 Å². The molecule has 1 heterocycles. The monoisotopic (exact) mass is 365 g/mol. The summed E-state index contributed by atoms with van der Waals surface area (Å²) in [6, 6.07) is 5.17. The van der Waals surface area contributed by atoms with E-state index in [1.807, 2.05) is 19.9 Å². The third-order valence-electron chi connectivity index (χ3n) is 3.70. The first kappa shape index (κ1) is 18.0. The van der Waals surface area contributed by atoms with Crippen LogP contribution >= 0.6 is 23.2 Å². The van der Waals surface area contributed by atoms with Crippen LogP contribution in [0.25, 0.3) is 0 Å². The standard InChI is InChI=1S/C15H21Cl2NO3S/c1-10(2)18-22(19,20)15-5-6-21-9-12(15)7-11-3-4-13(16)8-14(11)17/h3-4,8,10,12,15,18H,5-7,9H2,1-2H3/t12-,15-/m0/s1. The van der Waals surface area contributed by atoms with Crippen molar-refractivity contribution in [3.63, 3.8) is 0 Å². The minimum atomic E-state index is -3.37. The molecular weight excluding hydrogens is 345 g/mol. The summed E-state index contributed by atoms with van der Waals surface area (Å²) in [5.41, 5.74) is 0.895. The fourth-order valence-electron chi connectivity index (χ4n) is 2.76. The molecule has 7 heteroatoms. The molecule has 1 N–H and O–H groups in total. The van der Waals surface area contributed by atoms with Gasteiger partial charge in [0.15, 0.2) is 0 Å². The average molecular weight is 366 g/mol. The van der Waals surface area contributed by atoms with E-state index in [0.717, 1.165) is 5.56 Å². The molecule has 0 bridgehead atoms. The van der Waals surface area contributed by atoms with Crippen LogP contribution in [0, 0.1) is 5.92 Å². The zero-order valence-electron chi connectivity index (χ0n) is 12.7. The smallest absolute Gasteiger partial charge is 0.215 e. The average Bonchev–Trinajstić information content (AvgIpc) is 2.41. The van der Waals surface area contributed by atoms with Gasteiger partial charge in [-0.15, -0.1) is 0 Å². The highest BCUT2D eigenvalue weighted by molar-refractivity contribution is 7.90. The number of rotatable bonds is 5. The summed E-state index contributed by atoms with van der Waals surface area (Å²) in [7, 11) is -3.37. The molecule has 1 aromatic carbocycles. The Bertz CT molecular complexity index is 619. The summed E-state index contributed by atoms with van der Waals surface area (Å²) in [5.74, 6) is -0.122. The van der Waals surface area contributed by atoms with E-state index in [9.17, 15) is 8.42 Å². The summed E-state index contributed by atoms with van der Waals surface area (Å²) in [4.78, 5) is 0. The van der Waals surface area contributed by atoms with Crippen molar-refractivity contribution in [3.8, 4) is 0 Å². The molecule has 22 heavy (non-hydrogen) atoms. The first-order valence-corrected chi connectivity index (χ1v) is 9.62. The number of hydrogen-bond acceptors (Lipinski definition) is 3. The van der Waals surface area contributed by atoms with Crippen molar-refractivity contribution < 1.29 is 13.2 Å². The second kappa shape index (κ2) is 7.49. The van der Waals surface area contributed by atoms with Gasteiger partial charge >= 0.3 is 0 Å². The predicted molar refractivity (Wildman–Crippen MR) is 90.1 cm³/mol. The van der Waals surface area contributed by atoms with E-state index in [2.05, 4.69) is 4.72 Å². The summed E-state index contributed by atoms with van der Waals surface area (Å²) in [6.07, 6.45) is 1.05. The maximum absolute atomic E-state index is 12.5. The van der Waals surface area contributed by atoms with Crippen molar-refractivity contribution in [3.05, 3.63) is 33.8 Å². The van der Waals surface area contributed by atoms with Crippen molar-refractivity contribution in [2.45, 2.75) is 38.0 Å². The zero-order valence-corrected chi connectivity index (χ0v) is 15.0. The molecule has 0 amide bonds. The van der Waals surface area contributed by atoms with Crippen LogP contribution in [0.5, 0.6) is 0 Å². The molecule has 1 saturated heterocycles. The highest BCUT2D eigenvalue weighted by Gasteiger charge is 2.36. The molecule has 1 fully saturated rings. The lowest BCUT2D eigenvalue weighted by atomic mass is 9.93.